The maximum absolute atomic E-state index is 4.78. The molecule has 1 aliphatic heterocycles. The smallest absolute Gasteiger partial charge is 0.113 e. The molecular formula is C30H21N5. The summed E-state index contributed by atoms with van der Waals surface area (Å²) in [4.78, 5) is 6.38. The lowest BCUT2D eigenvalue weighted by Gasteiger charge is -2.40. The summed E-state index contributed by atoms with van der Waals surface area (Å²) < 4.78 is 0. The maximum atomic E-state index is 4.78. The summed E-state index contributed by atoms with van der Waals surface area (Å²) >= 11 is 0. The highest BCUT2D eigenvalue weighted by Crippen LogP contribution is 2.54. The minimum Gasteiger partial charge on any atom is -0.306 e. The van der Waals surface area contributed by atoms with Gasteiger partial charge in [-0.2, -0.15) is 0 Å². The Balaban J connectivity index is 1.48. The predicted molar refractivity (Wildman–Crippen MR) is 142 cm³/mol. The van der Waals surface area contributed by atoms with Gasteiger partial charge in [-0.05, 0) is 60.7 Å². The number of fused-ring (bicyclic) bond motifs is 3. The number of hydrogen-bond acceptors (Lipinski definition) is 4. The van der Waals surface area contributed by atoms with Crippen LogP contribution in [-0.4, -0.2) is 15.0 Å². The molecule has 5 nitrogen and oxygen atoms in total. The molecule has 2 heterocycles. The van der Waals surface area contributed by atoms with E-state index >= 15 is 0 Å². The largest absolute Gasteiger partial charge is 0.306 e. The second kappa shape index (κ2) is 7.85. The van der Waals surface area contributed by atoms with Gasteiger partial charge >= 0.3 is 0 Å². The van der Waals surface area contributed by atoms with Crippen LogP contribution in [0.25, 0.3) is 16.7 Å². The van der Waals surface area contributed by atoms with E-state index in [0.29, 0.717) is 0 Å². The number of nitrogens with zero attached hydrogens (tertiary/aromatic N) is 5. The Morgan fingerprint density at radius 3 is 1.23 bits per heavy atom. The molecule has 0 atom stereocenters. The van der Waals surface area contributed by atoms with Crippen molar-refractivity contribution in [3.05, 3.63) is 127 Å². The topological polar surface area (TPSA) is 37.2 Å². The van der Waals surface area contributed by atoms with E-state index in [9.17, 15) is 0 Å². The van der Waals surface area contributed by atoms with Crippen molar-refractivity contribution in [2.24, 2.45) is 0 Å². The first-order chi connectivity index (χ1) is 17.4. The van der Waals surface area contributed by atoms with Crippen molar-refractivity contribution in [2.75, 3.05) is 9.80 Å². The molecule has 0 aliphatic carbocycles. The Kier molecular flexibility index (Phi) is 4.39. The molecule has 0 saturated carbocycles. The Labute approximate surface area is 203 Å². The van der Waals surface area contributed by atoms with Crippen LogP contribution in [0.5, 0.6) is 0 Å². The molecule has 5 heteroatoms. The normalized spacial score (nSPS) is 12.5. The first-order valence-electron chi connectivity index (χ1n) is 11.6. The van der Waals surface area contributed by atoms with Crippen molar-refractivity contribution in [3.63, 3.8) is 0 Å². The van der Waals surface area contributed by atoms with Crippen LogP contribution in [0.1, 0.15) is 0 Å². The van der Waals surface area contributed by atoms with Gasteiger partial charge in [0.15, 0.2) is 0 Å². The highest BCUT2D eigenvalue weighted by atomic mass is 15.5. The fourth-order valence-corrected chi connectivity index (χ4v) is 4.85. The summed E-state index contributed by atoms with van der Waals surface area (Å²) in [5.74, 6) is 0. The van der Waals surface area contributed by atoms with E-state index in [1.807, 2.05) is 30.3 Å². The van der Waals surface area contributed by atoms with Crippen LogP contribution in [0.15, 0.2) is 127 Å². The molecule has 0 radical (unpaired) electrons. The summed E-state index contributed by atoms with van der Waals surface area (Å²) in [7, 11) is 0. The van der Waals surface area contributed by atoms with Crippen LogP contribution in [-0.2, 0) is 0 Å². The summed E-state index contributed by atoms with van der Waals surface area (Å²) in [5, 5.41) is 9.56. The summed E-state index contributed by atoms with van der Waals surface area (Å²) in [5.41, 5.74) is 9.23. The van der Waals surface area contributed by atoms with E-state index in [1.165, 1.54) is 0 Å². The first kappa shape index (κ1) is 19.6. The molecule has 1 aromatic heterocycles. The zero-order valence-corrected chi connectivity index (χ0v) is 18.9. The average Bonchev–Trinajstić information content (AvgIpc) is 3.36. The standard InChI is InChI=1S/C30H21N5/c1-2-12-22(13-3-1)33-25-16-6-8-18-27(25)34(28-19-9-7-17-26(28)33)29-20-10-11-21-30(29)35-31-23-14-4-5-15-24(23)32-35/h1-21H. The summed E-state index contributed by atoms with van der Waals surface area (Å²) in [6.07, 6.45) is 0. The van der Waals surface area contributed by atoms with Crippen molar-refractivity contribution in [2.45, 2.75) is 0 Å². The average molecular weight is 452 g/mol. The Bertz CT molecular complexity index is 1590. The number of aromatic nitrogens is 3. The van der Waals surface area contributed by atoms with Gasteiger partial charge in [-0.15, -0.1) is 15.0 Å². The third kappa shape index (κ3) is 3.09. The molecule has 6 aromatic rings. The van der Waals surface area contributed by atoms with Crippen LogP contribution in [0.3, 0.4) is 0 Å². The number of hydrogen-bond donors (Lipinski definition) is 0. The Morgan fingerprint density at radius 2 is 0.714 bits per heavy atom. The van der Waals surface area contributed by atoms with Crippen LogP contribution in [0.4, 0.5) is 34.1 Å². The van der Waals surface area contributed by atoms with Crippen molar-refractivity contribution >= 4 is 45.2 Å². The molecule has 1 aliphatic rings. The third-order valence-electron chi connectivity index (χ3n) is 6.37. The van der Waals surface area contributed by atoms with Gasteiger partial charge in [0.25, 0.3) is 0 Å². The van der Waals surface area contributed by atoms with E-state index < -0.39 is 0 Å². The van der Waals surface area contributed by atoms with E-state index in [0.717, 1.165) is 50.8 Å². The molecule has 0 spiro atoms. The van der Waals surface area contributed by atoms with Crippen LogP contribution in [0.2, 0.25) is 0 Å². The number of benzene rings is 5. The van der Waals surface area contributed by atoms with Crippen LogP contribution >= 0.6 is 0 Å². The second-order valence-electron chi connectivity index (χ2n) is 8.45. The number of anilines is 6. The first-order valence-corrected chi connectivity index (χ1v) is 11.6. The van der Waals surface area contributed by atoms with E-state index in [1.54, 1.807) is 4.80 Å². The lowest BCUT2D eigenvalue weighted by atomic mass is 10.0. The third-order valence-corrected chi connectivity index (χ3v) is 6.37. The quantitative estimate of drug-likeness (QED) is 0.276. The SMILES string of the molecule is c1ccc(N2c3ccccc3N(c3ccccc3-n3nc4ccccc4n3)c3ccccc32)cc1. The number of rotatable bonds is 3. The molecule has 0 bridgehead atoms. The van der Waals surface area contributed by atoms with Gasteiger partial charge in [-0.1, -0.05) is 66.7 Å². The minimum atomic E-state index is 0.872. The molecular weight excluding hydrogens is 430 g/mol. The lowest BCUT2D eigenvalue weighted by molar-refractivity contribution is 0.765. The van der Waals surface area contributed by atoms with E-state index in [-0.39, 0.29) is 0 Å². The highest BCUT2D eigenvalue weighted by molar-refractivity contribution is 6.02. The van der Waals surface area contributed by atoms with Crippen LogP contribution in [0, 0.1) is 0 Å². The highest BCUT2D eigenvalue weighted by Gasteiger charge is 2.31. The van der Waals surface area contributed by atoms with Gasteiger partial charge in [0.05, 0.1) is 28.4 Å². The Morgan fingerprint density at radius 1 is 0.343 bits per heavy atom. The van der Waals surface area contributed by atoms with Gasteiger partial charge in [0, 0.05) is 5.69 Å². The molecule has 0 fully saturated rings. The van der Waals surface area contributed by atoms with Gasteiger partial charge in [-0.3, -0.25) is 0 Å². The minimum absolute atomic E-state index is 0.872. The fourth-order valence-electron chi connectivity index (χ4n) is 4.85. The molecule has 7 rings (SSSR count). The van der Waals surface area contributed by atoms with Crippen molar-refractivity contribution < 1.29 is 0 Å². The summed E-state index contributed by atoms with van der Waals surface area (Å²) in [6.45, 7) is 0. The summed E-state index contributed by atoms with van der Waals surface area (Å²) in [6, 6.07) is 43.8. The zero-order valence-electron chi connectivity index (χ0n) is 18.9. The van der Waals surface area contributed by atoms with Gasteiger partial charge < -0.3 is 9.80 Å². The molecule has 5 aromatic carbocycles. The van der Waals surface area contributed by atoms with Gasteiger partial charge in [-0.25, -0.2) is 0 Å². The fraction of sp³-hybridized carbons (Fsp3) is 0. The molecule has 0 unspecified atom stereocenters. The van der Waals surface area contributed by atoms with Crippen molar-refractivity contribution in [1.82, 2.24) is 15.0 Å². The van der Waals surface area contributed by atoms with Gasteiger partial charge in [0.1, 0.15) is 16.7 Å². The molecule has 35 heavy (non-hydrogen) atoms. The van der Waals surface area contributed by atoms with Crippen LogP contribution < -0.4 is 9.80 Å². The van der Waals surface area contributed by atoms with Crippen molar-refractivity contribution in [1.29, 1.82) is 0 Å². The Hall–Kier alpha value is -4.90. The molecule has 166 valence electrons. The second-order valence-corrected chi connectivity index (χ2v) is 8.45. The van der Waals surface area contributed by atoms with E-state index in [2.05, 4.69) is 107 Å². The predicted octanol–water partition coefficient (Wildman–Crippen LogP) is 7.67. The number of para-hydroxylation sites is 7. The van der Waals surface area contributed by atoms with E-state index in [4.69, 9.17) is 10.2 Å². The lowest BCUT2D eigenvalue weighted by Crippen LogP contribution is -2.24. The molecule has 0 amide bonds. The zero-order chi connectivity index (χ0) is 23.2. The van der Waals surface area contributed by atoms with Gasteiger partial charge in [0.2, 0.25) is 0 Å². The monoisotopic (exact) mass is 451 g/mol. The van der Waals surface area contributed by atoms with Crippen molar-refractivity contribution in [3.8, 4) is 5.69 Å². The molecule has 0 saturated heterocycles. The molecule has 0 N–H and O–H groups in total. The maximum Gasteiger partial charge on any atom is 0.113 e.